The number of thioether (sulfide) groups is 1. The van der Waals surface area contributed by atoms with Gasteiger partial charge in [0.25, 0.3) is 5.91 Å². The molecular weight excluding hydrogens is 366 g/mol. The molecule has 0 spiro atoms. The van der Waals surface area contributed by atoms with E-state index in [2.05, 4.69) is 5.32 Å². The van der Waals surface area contributed by atoms with Crippen molar-refractivity contribution in [2.75, 3.05) is 6.79 Å². The highest BCUT2D eigenvalue weighted by atomic mass is 32.2. The molecule has 0 saturated carbocycles. The quantitative estimate of drug-likeness (QED) is 0.581. The van der Waals surface area contributed by atoms with Crippen molar-refractivity contribution in [2.45, 2.75) is 36.6 Å². The van der Waals surface area contributed by atoms with Crippen LogP contribution >= 0.6 is 11.8 Å². The van der Waals surface area contributed by atoms with Gasteiger partial charge in [-0.15, -0.1) is 11.8 Å². The molecule has 1 aliphatic heterocycles. The summed E-state index contributed by atoms with van der Waals surface area (Å²) in [4.78, 5) is 25.4. The molecule has 3 rings (SSSR count). The van der Waals surface area contributed by atoms with Crippen LogP contribution < -0.4 is 14.8 Å². The van der Waals surface area contributed by atoms with E-state index < -0.39 is 17.3 Å². The number of hydrogen-bond acceptors (Lipinski definition) is 6. The van der Waals surface area contributed by atoms with Crippen LogP contribution in [-0.4, -0.2) is 30.0 Å². The Kier molecular flexibility index (Phi) is 6.24. The summed E-state index contributed by atoms with van der Waals surface area (Å²) in [6.45, 7) is 3.84. The fraction of sp³-hybridized carbons (Fsp3) is 0.300. The maximum absolute atomic E-state index is 12.2. The molecule has 1 heterocycles. The van der Waals surface area contributed by atoms with Crippen molar-refractivity contribution in [2.24, 2.45) is 0 Å². The molecule has 0 saturated heterocycles. The van der Waals surface area contributed by atoms with Crippen LogP contribution in [0.25, 0.3) is 0 Å². The number of benzene rings is 2. The van der Waals surface area contributed by atoms with Crippen molar-refractivity contribution in [3.8, 4) is 11.5 Å². The molecule has 27 heavy (non-hydrogen) atoms. The van der Waals surface area contributed by atoms with Crippen molar-refractivity contribution in [1.29, 1.82) is 0 Å². The Morgan fingerprint density at radius 1 is 1.11 bits per heavy atom. The molecule has 1 N–H and O–H groups in total. The van der Waals surface area contributed by atoms with Gasteiger partial charge in [-0.25, -0.2) is 0 Å². The summed E-state index contributed by atoms with van der Waals surface area (Å²) >= 11 is 1.39. The first-order valence-electron chi connectivity index (χ1n) is 8.61. The molecule has 2 aromatic carbocycles. The molecule has 0 unspecified atom stereocenters. The zero-order valence-electron chi connectivity index (χ0n) is 15.1. The van der Waals surface area contributed by atoms with Gasteiger partial charge in [-0.3, -0.25) is 9.59 Å². The van der Waals surface area contributed by atoms with Crippen molar-refractivity contribution in [3.63, 3.8) is 0 Å². The first-order chi connectivity index (χ1) is 13.0. The van der Waals surface area contributed by atoms with Crippen molar-refractivity contribution in [3.05, 3.63) is 54.1 Å². The lowest BCUT2D eigenvalue weighted by Crippen LogP contribution is -2.36. The van der Waals surface area contributed by atoms with Gasteiger partial charge in [0.05, 0.1) is 0 Å². The van der Waals surface area contributed by atoms with E-state index in [4.69, 9.17) is 14.2 Å². The summed E-state index contributed by atoms with van der Waals surface area (Å²) in [6, 6.07) is 15.1. The second-order valence-electron chi connectivity index (χ2n) is 6.06. The van der Waals surface area contributed by atoms with Crippen LogP contribution in [0, 0.1) is 0 Å². The molecule has 0 aromatic heterocycles. The average Bonchev–Trinajstić information content (AvgIpc) is 3.14. The zero-order valence-corrected chi connectivity index (χ0v) is 16.0. The second kappa shape index (κ2) is 8.81. The van der Waals surface area contributed by atoms with Gasteiger partial charge in [0.15, 0.2) is 17.6 Å². The predicted octanol–water partition coefficient (Wildman–Crippen LogP) is 3.14. The lowest BCUT2D eigenvalue weighted by molar-refractivity contribution is -0.154. The maximum Gasteiger partial charge on any atom is 0.319 e. The Hall–Kier alpha value is -2.67. The topological polar surface area (TPSA) is 73.9 Å². The Morgan fingerprint density at radius 3 is 2.63 bits per heavy atom. The maximum atomic E-state index is 12.2. The van der Waals surface area contributed by atoms with Crippen molar-refractivity contribution < 1.29 is 23.8 Å². The van der Waals surface area contributed by atoms with Gasteiger partial charge in [0.2, 0.25) is 6.79 Å². The molecule has 6 nitrogen and oxygen atoms in total. The van der Waals surface area contributed by atoms with E-state index in [0.29, 0.717) is 18.0 Å². The lowest BCUT2D eigenvalue weighted by Gasteiger charge is -2.16. The number of ether oxygens (including phenoxy) is 3. The van der Waals surface area contributed by atoms with Gasteiger partial charge in [-0.05, 0) is 43.7 Å². The molecule has 7 heteroatoms. The Morgan fingerprint density at radius 2 is 1.85 bits per heavy atom. The van der Waals surface area contributed by atoms with Crippen LogP contribution in [0.15, 0.2) is 53.4 Å². The van der Waals surface area contributed by atoms with Gasteiger partial charge in [-0.2, -0.15) is 0 Å². The van der Waals surface area contributed by atoms with Crippen LogP contribution in [0.4, 0.5) is 0 Å². The highest BCUT2D eigenvalue weighted by molar-refractivity contribution is 8.00. The number of carbonyl (C=O) groups excluding carboxylic acids is 2. The van der Waals surface area contributed by atoms with E-state index in [0.717, 1.165) is 10.5 Å². The zero-order chi connectivity index (χ0) is 19.2. The van der Waals surface area contributed by atoms with E-state index in [-0.39, 0.29) is 12.7 Å². The molecule has 1 aliphatic rings. The summed E-state index contributed by atoms with van der Waals surface area (Å²) in [6.07, 6.45) is -0.870. The van der Waals surface area contributed by atoms with Crippen molar-refractivity contribution >= 4 is 23.6 Å². The number of rotatable bonds is 7. The molecule has 0 fully saturated rings. The minimum absolute atomic E-state index is 0.206. The summed E-state index contributed by atoms with van der Waals surface area (Å²) in [5.41, 5.74) is 0.874. The van der Waals surface area contributed by atoms with Crippen LogP contribution in [-0.2, 0) is 20.9 Å². The summed E-state index contributed by atoms with van der Waals surface area (Å²) in [5, 5.41) is 2.36. The number of nitrogens with one attached hydrogen (secondary N) is 1. The van der Waals surface area contributed by atoms with E-state index in [1.54, 1.807) is 19.9 Å². The molecule has 142 valence electrons. The smallest absolute Gasteiger partial charge is 0.319 e. The largest absolute Gasteiger partial charge is 0.454 e. The van der Waals surface area contributed by atoms with Crippen LogP contribution in [0.3, 0.4) is 0 Å². The number of hydrogen-bond donors (Lipinski definition) is 1. The van der Waals surface area contributed by atoms with E-state index in [9.17, 15) is 9.59 Å². The highest BCUT2D eigenvalue weighted by Gasteiger charge is 2.23. The minimum atomic E-state index is -0.870. The summed E-state index contributed by atoms with van der Waals surface area (Å²) in [7, 11) is 0. The third kappa shape index (κ3) is 5.17. The third-order valence-corrected chi connectivity index (χ3v) is 5.04. The molecule has 2 aromatic rings. The van der Waals surface area contributed by atoms with Crippen LogP contribution in [0.1, 0.15) is 19.4 Å². The fourth-order valence-corrected chi connectivity index (χ4v) is 3.33. The molecule has 0 bridgehead atoms. The van der Waals surface area contributed by atoms with Gasteiger partial charge >= 0.3 is 5.97 Å². The monoisotopic (exact) mass is 387 g/mol. The second-order valence-corrected chi connectivity index (χ2v) is 7.47. The normalized spacial score (nSPS) is 14.3. The van der Waals surface area contributed by atoms with Crippen LogP contribution in [0.2, 0.25) is 0 Å². The Bertz CT molecular complexity index is 811. The fourth-order valence-electron chi connectivity index (χ4n) is 2.46. The minimum Gasteiger partial charge on any atom is -0.454 e. The highest BCUT2D eigenvalue weighted by Crippen LogP contribution is 2.32. The van der Waals surface area contributed by atoms with Crippen molar-refractivity contribution in [1.82, 2.24) is 5.32 Å². The Balaban J connectivity index is 1.46. The number of amides is 1. The van der Waals surface area contributed by atoms with Gasteiger partial charge in [0, 0.05) is 11.4 Å². The Labute approximate surface area is 162 Å². The number of carbonyl (C=O) groups is 2. The number of esters is 1. The van der Waals surface area contributed by atoms with Gasteiger partial charge in [0.1, 0.15) is 5.25 Å². The first-order valence-corrected chi connectivity index (χ1v) is 9.49. The van der Waals surface area contributed by atoms with Gasteiger partial charge < -0.3 is 19.5 Å². The van der Waals surface area contributed by atoms with E-state index >= 15 is 0 Å². The summed E-state index contributed by atoms with van der Waals surface area (Å²) < 4.78 is 15.9. The molecule has 0 aliphatic carbocycles. The van der Waals surface area contributed by atoms with E-state index in [1.165, 1.54) is 11.8 Å². The molecule has 0 radical (unpaired) electrons. The van der Waals surface area contributed by atoms with Gasteiger partial charge in [-0.1, -0.05) is 24.3 Å². The summed E-state index contributed by atoms with van der Waals surface area (Å²) in [5.74, 6) is 0.581. The SMILES string of the molecule is C[C@@H](OC(=O)[C@@H](C)Sc1ccccc1)C(=O)NCc1ccc2c(c1)OCO2. The first kappa shape index (κ1) is 19.1. The standard InChI is InChI=1S/C20H21NO5S/c1-13(26-20(23)14(2)27-16-6-4-3-5-7-16)19(22)21-11-15-8-9-17-18(10-15)25-12-24-17/h3-10,13-14H,11-12H2,1-2H3,(H,21,22)/t13-,14-/m1/s1. The predicted molar refractivity (Wildman–Crippen MR) is 102 cm³/mol. The third-order valence-electron chi connectivity index (χ3n) is 3.95. The number of fused-ring (bicyclic) bond motifs is 1. The molecular formula is C20H21NO5S. The molecule has 2 atom stereocenters. The van der Waals surface area contributed by atoms with Crippen LogP contribution in [0.5, 0.6) is 11.5 Å². The van der Waals surface area contributed by atoms with E-state index in [1.807, 2.05) is 42.5 Å². The lowest BCUT2D eigenvalue weighted by atomic mass is 10.2. The average molecular weight is 387 g/mol. The molecule has 1 amide bonds.